The van der Waals surface area contributed by atoms with E-state index < -0.39 is 17.8 Å². The molecule has 0 saturated carbocycles. The van der Waals surface area contributed by atoms with E-state index in [0.29, 0.717) is 15.7 Å². The van der Waals surface area contributed by atoms with Crippen LogP contribution >= 0.6 is 15.9 Å². The normalized spacial score (nSPS) is 12.2. The fraction of sp³-hybridized carbons (Fsp3) is 0.0526. The van der Waals surface area contributed by atoms with E-state index in [4.69, 9.17) is 0 Å². The first-order valence-electron chi connectivity index (χ1n) is 8.53. The van der Waals surface area contributed by atoms with E-state index in [9.17, 15) is 17.6 Å². The third-order valence-electron chi connectivity index (χ3n) is 4.52. The van der Waals surface area contributed by atoms with Gasteiger partial charge < -0.3 is 0 Å². The van der Waals surface area contributed by atoms with Crippen molar-refractivity contribution >= 4 is 38.0 Å². The maximum absolute atomic E-state index is 13.8. The Labute approximate surface area is 173 Å². The fourth-order valence-corrected chi connectivity index (χ4v) is 3.78. The number of imidazole rings is 1. The average molecular weight is 477 g/mol. The summed E-state index contributed by atoms with van der Waals surface area (Å²) in [4.78, 5) is 11.8. The quantitative estimate of drug-likeness (QED) is 0.278. The number of H-pyrrole nitrogens is 1. The fourth-order valence-electron chi connectivity index (χ4n) is 3.22. The van der Waals surface area contributed by atoms with Crippen LogP contribution in [0.15, 0.2) is 53.3 Å². The summed E-state index contributed by atoms with van der Waals surface area (Å²) < 4.78 is 55.7. The molecule has 6 nitrogen and oxygen atoms in total. The number of halogens is 5. The molecule has 4 heterocycles. The Bertz CT molecular complexity index is 1420. The average Bonchev–Trinajstić information content (AvgIpc) is 3.31. The molecule has 0 radical (unpaired) electrons. The second-order valence-electron chi connectivity index (χ2n) is 6.44. The molecule has 0 bridgehead atoms. The highest BCUT2D eigenvalue weighted by molar-refractivity contribution is 9.10. The van der Waals surface area contributed by atoms with Crippen LogP contribution in [-0.4, -0.2) is 29.7 Å². The van der Waals surface area contributed by atoms with Gasteiger partial charge in [-0.2, -0.15) is 22.7 Å². The number of rotatable bonds is 2. The van der Waals surface area contributed by atoms with E-state index in [1.807, 2.05) is 0 Å². The third-order valence-corrected chi connectivity index (χ3v) is 5.15. The summed E-state index contributed by atoms with van der Waals surface area (Å²) in [6.45, 7) is 0. The molecule has 5 rings (SSSR count). The molecule has 0 fully saturated rings. The number of aromatic amines is 1. The molecule has 0 aliphatic heterocycles. The molecule has 0 atom stereocenters. The summed E-state index contributed by atoms with van der Waals surface area (Å²) in [5, 5.41) is 7.54. The van der Waals surface area contributed by atoms with E-state index >= 15 is 0 Å². The molecule has 11 heteroatoms. The molecule has 30 heavy (non-hydrogen) atoms. The second kappa shape index (κ2) is 6.59. The summed E-state index contributed by atoms with van der Waals surface area (Å²) in [5.41, 5.74) is 0.732. The predicted octanol–water partition coefficient (Wildman–Crippen LogP) is 5.28. The number of benzene rings is 1. The van der Waals surface area contributed by atoms with Gasteiger partial charge >= 0.3 is 6.18 Å². The summed E-state index contributed by atoms with van der Waals surface area (Å²) in [7, 11) is 0. The van der Waals surface area contributed by atoms with Crippen molar-refractivity contribution in [3.63, 3.8) is 0 Å². The van der Waals surface area contributed by atoms with Gasteiger partial charge in [0.15, 0.2) is 5.65 Å². The van der Waals surface area contributed by atoms with Gasteiger partial charge in [-0.15, -0.1) is 0 Å². The lowest BCUT2D eigenvalue weighted by Crippen LogP contribution is -2.09. The molecule has 0 saturated heterocycles. The SMILES string of the molecule is Fc1cc(-c2nc3ccc(C(F)(F)F)nc3n2-c2cc(Br)c3[nH]ncc3c2)ccn1. The zero-order valence-corrected chi connectivity index (χ0v) is 16.3. The molecule has 0 aliphatic carbocycles. The molecule has 1 aromatic carbocycles. The Kier molecular flexibility index (Phi) is 4.10. The van der Waals surface area contributed by atoms with Crippen LogP contribution in [0.1, 0.15) is 5.69 Å². The van der Waals surface area contributed by atoms with Crippen LogP contribution < -0.4 is 0 Å². The van der Waals surface area contributed by atoms with Gasteiger partial charge in [0.1, 0.15) is 17.0 Å². The van der Waals surface area contributed by atoms with Crippen LogP contribution in [-0.2, 0) is 6.18 Å². The maximum atomic E-state index is 13.8. The van der Waals surface area contributed by atoms with Crippen molar-refractivity contribution in [3.05, 3.63) is 64.9 Å². The number of nitrogens with one attached hydrogen (secondary N) is 1. The van der Waals surface area contributed by atoms with Crippen molar-refractivity contribution in [2.75, 3.05) is 0 Å². The summed E-state index contributed by atoms with van der Waals surface area (Å²) in [5.74, 6) is -0.505. The van der Waals surface area contributed by atoms with Crippen LogP contribution in [0.4, 0.5) is 17.6 Å². The molecule has 4 aromatic heterocycles. The van der Waals surface area contributed by atoms with Gasteiger partial charge in [-0.05, 0) is 46.3 Å². The molecule has 0 aliphatic rings. The van der Waals surface area contributed by atoms with Crippen molar-refractivity contribution in [1.82, 2.24) is 29.7 Å². The zero-order valence-electron chi connectivity index (χ0n) is 14.7. The number of aromatic nitrogens is 6. The Morgan fingerprint density at radius 1 is 1.03 bits per heavy atom. The molecule has 0 amide bonds. The van der Waals surface area contributed by atoms with E-state index in [0.717, 1.165) is 23.0 Å². The van der Waals surface area contributed by atoms with E-state index in [1.54, 1.807) is 18.3 Å². The first kappa shape index (κ1) is 18.7. The molecule has 5 aromatic rings. The van der Waals surface area contributed by atoms with Crippen LogP contribution in [0.5, 0.6) is 0 Å². The Morgan fingerprint density at radius 3 is 2.63 bits per heavy atom. The van der Waals surface area contributed by atoms with Gasteiger partial charge in [0.25, 0.3) is 0 Å². The summed E-state index contributed by atoms with van der Waals surface area (Å²) in [6, 6.07) is 8.23. The van der Waals surface area contributed by atoms with Gasteiger partial charge in [0.05, 0.1) is 17.4 Å². The highest BCUT2D eigenvalue weighted by atomic mass is 79.9. The van der Waals surface area contributed by atoms with Crippen molar-refractivity contribution in [3.8, 4) is 17.1 Å². The minimum atomic E-state index is -4.62. The number of alkyl halides is 3. The van der Waals surface area contributed by atoms with Gasteiger partial charge in [-0.25, -0.2) is 15.0 Å². The molecule has 0 spiro atoms. The second-order valence-corrected chi connectivity index (χ2v) is 7.29. The number of nitrogens with zero attached hydrogens (tertiary/aromatic N) is 5. The highest BCUT2D eigenvalue weighted by Gasteiger charge is 2.33. The van der Waals surface area contributed by atoms with E-state index in [-0.39, 0.29) is 17.0 Å². The highest BCUT2D eigenvalue weighted by Crippen LogP contribution is 2.34. The Hall–Kier alpha value is -3.34. The molecule has 150 valence electrons. The van der Waals surface area contributed by atoms with Crippen molar-refractivity contribution in [2.45, 2.75) is 6.18 Å². The van der Waals surface area contributed by atoms with E-state index in [1.165, 1.54) is 22.9 Å². The number of hydrogen-bond donors (Lipinski definition) is 1. The van der Waals surface area contributed by atoms with Gasteiger partial charge in [0.2, 0.25) is 5.95 Å². The van der Waals surface area contributed by atoms with Crippen molar-refractivity contribution in [1.29, 1.82) is 0 Å². The monoisotopic (exact) mass is 476 g/mol. The smallest absolute Gasteiger partial charge is 0.277 e. The lowest BCUT2D eigenvalue weighted by atomic mass is 10.2. The van der Waals surface area contributed by atoms with Crippen molar-refractivity contribution < 1.29 is 17.6 Å². The minimum Gasteiger partial charge on any atom is -0.277 e. The summed E-state index contributed by atoms with van der Waals surface area (Å²) in [6.07, 6.45) is -1.78. The van der Waals surface area contributed by atoms with Gasteiger partial charge in [-0.3, -0.25) is 9.67 Å². The van der Waals surface area contributed by atoms with Crippen LogP contribution in [0.3, 0.4) is 0 Å². The number of hydrogen-bond acceptors (Lipinski definition) is 4. The van der Waals surface area contributed by atoms with Crippen LogP contribution in [0.25, 0.3) is 39.1 Å². The first-order valence-corrected chi connectivity index (χ1v) is 9.32. The molecular weight excluding hydrogens is 468 g/mol. The third kappa shape index (κ3) is 3.02. The zero-order chi connectivity index (χ0) is 21.0. The van der Waals surface area contributed by atoms with Crippen molar-refractivity contribution in [2.24, 2.45) is 0 Å². The molecule has 1 N–H and O–H groups in total. The standard InChI is InChI=1S/C19H9BrF4N6/c20-12-7-11(5-10-8-26-29-16(10)12)30-17(9-3-4-25-15(21)6-9)27-13-1-2-14(19(22,23)24)28-18(13)30/h1-8H,(H,26,29). The predicted molar refractivity (Wildman–Crippen MR) is 104 cm³/mol. The Balaban J connectivity index is 1.87. The van der Waals surface area contributed by atoms with Crippen LogP contribution in [0, 0.1) is 5.95 Å². The number of fused-ring (bicyclic) bond motifs is 2. The lowest BCUT2D eigenvalue weighted by Gasteiger charge is -2.11. The first-order chi connectivity index (χ1) is 14.3. The largest absolute Gasteiger partial charge is 0.433 e. The van der Waals surface area contributed by atoms with Gasteiger partial charge in [-0.1, -0.05) is 0 Å². The molecular formula is C19H9BrF4N6. The summed E-state index contributed by atoms with van der Waals surface area (Å²) >= 11 is 3.44. The van der Waals surface area contributed by atoms with Crippen LogP contribution in [0.2, 0.25) is 0 Å². The topological polar surface area (TPSA) is 72.3 Å². The Morgan fingerprint density at radius 2 is 1.87 bits per heavy atom. The van der Waals surface area contributed by atoms with E-state index in [2.05, 4.69) is 41.1 Å². The molecule has 0 unspecified atom stereocenters. The number of pyridine rings is 2. The minimum absolute atomic E-state index is 0.00760. The lowest BCUT2D eigenvalue weighted by molar-refractivity contribution is -0.141. The van der Waals surface area contributed by atoms with Gasteiger partial charge in [0, 0.05) is 27.7 Å². The maximum Gasteiger partial charge on any atom is 0.433 e.